The Hall–Kier alpha value is -1.96. The number of aromatic nitrogens is 2. The summed E-state index contributed by atoms with van der Waals surface area (Å²) < 4.78 is 12.9. The van der Waals surface area contributed by atoms with Crippen LogP contribution in [-0.2, 0) is 17.2 Å². The van der Waals surface area contributed by atoms with E-state index in [0.29, 0.717) is 11.6 Å². The van der Waals surface area contributed by atoms with Crippen LogP contribution in [0.4, 0.5) is 11.8 Å². The molecular weight excluding hydrogens is 468 g/mol. The predicted octanol–water partition coefficient (Wildman–Crippen LogP) is 4.58. The molecule has 6 rings (SSSR count). The molecule has 1 atom stereocenters. The van der Waals surface area contributed by atoms with Gasteiger partial charge in [0.25, 0.3) is 0 Å². The normalized spacial score (nSPS) is 24.6. The molecule has 1 saturated heterocycles. The lowest BCUT2D eigenvalue weighted by Crippen LogP contribution is -2.57. The molecule has 6 nitrogen and oxygen atoms in total. The maximum absolute atomic E-state index is 12.9. The molecule has 34 heavy (non-hydrogen) atoms. The van der Waals surface area contributed by atoms with E-state index >= 15 is 0 Å². The number of hydrogen-bond acceptors (Lipinski definition) is 6. The number of rotatable bonds is 5. The SMILES string of the molecule is O=S1CCCc2nc(N3CC4(CC=C(c5ccc(Cl)cc5)CC4)C3)nc(NC3(CO)CCC3)c21. The van der Waals surface area contributed by atoms with E-state index in [-0.39, 0.29) is 17.6 Å². The van der Waals surface area contributed by atoms with Crippen LogP contribution in [0.1, 0.15) is 56.2 Å². The molecule has 180 valence electrons. The van der Waals surface area contributed by atoms with E-state index in [1.807, 2.05) is 12.1 Å². The van der Waals surface area contributed by atoms with Crippen molar-refractivity contribution >= 4 is 39.7 Å². The lowest BCUT2D eigenvalue weighted by Gasteiger charge is -2.52. The Bertz CT molecular complexity index is 1150. The highest BCUT2D eigenvalue weighted by Crippen LogP contribution is 2.47. The van der Waals surface area contributed by atoms with Gasteiger partial charge >= 0.3 is 0 Å². The van der Waals surface area contributed by atoms with Crippen molar-refractivity contribution in [2.75, 3.05) is 35.7 Å². The van der Waals surface area contributed by atoms with Crippen molar-refractivity contribution in [1.29, 1.82) is 0 Å². The van der Waals surface area contributed by atoms with E-state index in [1.165, 1.54) is 11.1 Å². The number of aliphatic hydroxyl groups excluding tert-OH is 1. The summed E-state index contributed by atoms with van der Waals surface area (Å²) in [5.74, 6) is 2.08. The van der Waals surface area contributed by atoms with Crippen LogP contribution < -0.4 is 10.2 Å². The third-order valence-electron chi connectivity index (χ3n) is 8.15. The number of hydrogen-bond donors (Lipinski definition) is 2. The number of aryl methyl sites for hydroxylation is 1. The molecule has 0 amide bonds. The van der Waals surface area contributed by atoms with Gasteiger partial charge in [-0.2, -0.15) is 4.98 Å². The smallest absolute Gasteiger partial charge is 0.227 e. The second kappa shape index (κ2) is 8.61. The molecule has 3 heterocycles. The van der Waals surface area contributed by atoms with E-state index in [9.17, 15) is 9.32 Å². The number of allylic oxidation sites excluding steroid dienone is 2. The van der Waals surface area contributed by atoms with Crippen molar-refractivity contribution in [3.8, 4) is 0 Å². The highest BCUT2D eigenvalue weighted by Gasteiger charge is 2.45. The summed E-state index contributed by atoms with van der Waals surface area (Å²) in [5, 5.41) is 14.3. The zero-order chi connectivity index (χ0) is 23.3. The molecule has 1 aromatic heterocycles. The summed E-state index contributed by atoms with van der Waals surface area (Å²) in [6.07, 6.45) is 10.4. The van der Waals surface area contributed by atoms with Crippen molar-refractivity contribution in [3.63, 3.8) is 0 Å². The van der Waals surface area contributed by atoms with Crippen molar-refractivity contribution in [2.24, 2.45) is 5.41 Å². The molecule has 1 unspecified atom stereocenters. The summed E-state index contributed by atoms with van der Waals surface area (Å²) in [6, 6.07) is 8.15. The molecule has 1 spiro atoms. The van der Waals surface area contributed by atoms with Crippen LogP contribution in [-0.4, -0.2) is 50.3 Å². The molecular formula is C26H31ClN4O2S. The fourth-order valence-electron chi connectivity index (χ4n) is 5.83. The Morgan fingerprint density at radius 3 is 2.53 bits per heavy atom. The zero-order valence-corrected chi connectivity index (χ0v) is 20.9. The first-order chi connectivity index (χ1) is 16.5. The van der Waals surface area contributed by atoms with Gasteiger partial charge in [-0.25, -0.2) is 4.98 Å². The number of anilines is 2. The van der Waals surface area contributed by atoms with Crippen molar-refractivity contribution in [3.05, 3.63) is 46.6 Å². The van der Waals surface area contributed by atoms with Crippen LogP contribution in [0.2, 0.25) is 5.02 Å². The van der Waals surface area contributed by atoms with E-state index in [4.69, 9.17) is 21.6 Å². The maximum atomic E-state index is 12.9. The Morgan fingerprint density at radius 2 is 1.88 bits per heavy atom. The molecule has 1 saturated carbocycles. The Balaban J connectivity index is 1.21. The fourth-order valence-corrected chi connectivity index (χ4v) is 7.29. The van der Waals surface area contributed by atoms with Gasteiger partial charge in [0.2, 0.25) is 5.95 Å². The van der Waals surface area contributed by atoms with Gasteiger partial charge in [-0.05, 0) is 74.6 Å². The molecule has 0 bridgehead atoms. The largest absolute Gasteiger partial charge is 0.394 e. The third-order valence-corrected chi connectivity index (χ3v) is 9.94. The molecule has 2 N–H and O–H groups in total. The zero-order valence-electron chi connectivity index (χ0n) is 19.4. The van der Waals surface area contributed by atoms with Crippen LogP contribution in [0.5, 0.6) is 0 Å². The molecule has 2 aliphatic heterocycles. The van der Waals surface area contributed by atoms with Crippen LogP contribution in [0.15, 0.2) is 35.2 Å². The van der Waals surface area contributed by atoms with Gasteiger partial charge < -0.3 is 15.3 Å². The molecule has 8 heteroatoms. The maximum Gasteiger partial charge on any atom is 0.227 e. The Kier molecular flexibility index (Phi) is 5.70. The number of benzene rings is 1. The lowest BCUT2D eigenvalue weighted by molar-refractivity contribution is 0.143. The van der Waals surface area contributed by atoms with Crippen LogP contribution >= 0.6 is 11.6 Å². The van der Waals surface area contributed by atoms with Gasteiger partial charge in [-0.1, -0.05) is 29.8 Å². The van der Waals surface area contributed by atoms with Crippen molar-refractivity contribution < 1.29 is 9.32 Å². The minimum absolute atomic E-state index is 0.0723. The second-order valence-corrected chi connectivity index (χ2v) is 12.5. The Morgan fingerprint density at radius 1 is 1.09 bits per heavy atom. The summed E-state index contributed by atoms with van der Waals surface area (Å²) in [5.41, 5.74) is 3.55. The first-order valence-electron chi connectivity index (χ1n) is 12.4. The van der Waals surface area contributed by atoms with Crippen molar-refractivity contribution in [1.82, 2.24) is 9.97 Å². The van der Waals surface area contributed by atoms with Gasteiger partial charge in [0.1, 0.15) is 10.7 Å². The molecule has 0 radical (unpaired) electrons. The first kappa shape index (κ1) is 22.5. The molecule has 2 fully saturated rings. The second-order valence-electron chi connectivity index (χ2n) is 10.5. The van der Waals surface area contributed by atoms with Crippen molar-refractivity contribution in [2.45, 2.75) is 61.8 Å². The van der Waals surface area contributed by atoms with Gasteiger partial charge in [0.15, 0.2) is 0 Å². The van der Waals surface area contributed by atoms with Gasteiger partial charge in [-0.15, -0.1) is 0 Å². The van der Waals surface area contributed by atoms with E-state index in [0.717, 1.165) is 86.0 Å². The lowest BCUT2D eigenvalue weighted by atomic mass is 9.69. The average Bonchev–Trinajstić information content (AvgIpc) is 2.80. The van der Waals surface area contributed by atoms with E-state index < -0.39 is 10.8 Å². The Labute approximate surface area is 208 Å². The highest BCUT2D eigenvalue weighted by atomic mass is 35.5. The third kappa shape index (κ3) is 3.95. The summed E-state index contributed by atoms with van der Waals surface area (Å²) in [6.45, 7) is 1.97. The van der Waals surface area contributed by atoms with E-state index in [1.54, 1.807) is 0 Å². The quantitative estimate of drug-likeness (QED) is 0.628. The minimum Gasteiger partial charge on any atom is -0.394 e. The van der Waals surface area contributed by atoms with Gasteiger partial charge in [-0.3, -0.25) is 4.21 Å². The monoisotopic (exact) mass is 498 g/mol. The van der Waals surface area contributed by atoms with E-state index in [2.05, 4.69) is 28.4 Å². The van der Waals surface area contributed by atoms with Crippen LogP contribution in [0.3, 0.4) is 0 Å². The standard InChI is InChI=1S/C26H31ClN4O2S/c27-20-6-4-18(5-7-20)19-8-12-25(13-9-19)15-31(16-25)24-28-21-3-1-14-34(33)22(21)23(29-24)30-26(17-32)10-2-11-26/h4-8,32H,1-3,9-17H2,(H,28,29,30). The molecule has 4 aliphatic rings. The number of halogens is 1. The number of fused-ring (bicyclic) bond motifs is 1. The predicted molar refractivity (Wildman–Crippen MR) is 137 cm³/mol. The number of aliphatic hydroxyl groups is 1. The van der Waals surface area contributed by atoms with Gasteiger partial charge in [0, 0.05) is 29.3 Å². The molecule has 2 aliphatic carbocycles. The summed E-state index contributed by atoms with van der Waals surface area (Å²) in [7, 11) is -1.09. The fraction of sp³-hybridized carbons (Fsp3) is 0.538. The molecule has 2 aromatic rings. The summed E-state index contributed by atoms with van der Waals surface area (Å²) >= 11 is 6.05. The summed E-state index contributed by atoms with van der Waals surface area (Å²) in [4.78, 5) is 12.8. The topological polar surface area (TPSA) is 78.4 Å². The first-order valence-corrected chi connectivity index (χ1v) is 14.1. The molecule has 1 aromatic carbocycles. The number of nitrogens with zero attached hydrogens (tertiary/aromatic N) is 3. The average molecular weight is 499 g/mol. The van der Waals surface area contributed by atoms with Gasteiger partial charge in [0.05, 0.1) is 28.6 Å². The number of nitrogens with one attached hydrogen (secondary N) is 1. The van der Waals surface area contributed by atoms with Crippen LogP contribution in [0.25, 0.3) is 5.57 Å². The minimum atomic E-state index is -1.09. The highest BCUT2D eigenvalue weighted by molar-refractivity contribution is 7.85. The van der Waals surface area contributed by atoms with Crippen LogP contribution in [0, 0.1) is 5.41 Å².